The molecule has 2 aromatic rings. The summed E-state index contributed by atoms with van der Waals surface area (Å²) in [5.74, 6) is 0.0266. The van der Waals surface area contributed by atoms with Gasteiger partial charge in [-0.05, 0) is 18.2 Å². The molecule has 0 saturated heterocycles. The Balaban J connectivity index is 2.09. The van der Waals surface area contributed by atoms with E-state index in [-0.39, 0.29) is 16.4 Å². The van der Waals surface area contributed by atoms with Crippen molar-refractivity contribution in [1.29, 1.82) is 0 Å². The van der Waals surface area contributed by atoms with Crippen LogP contribution in [0.1, 0.15) is 15.9 Å². The molecule has 2 rings (SSSR count). The lowest BCUT2D eigenvalue weighted by molar-refractivity contribution is 0.0937. The predicted octanol–water partition coefficient (Wildman–Crippen LogP) is 0.638. The van der Waals surface area contributed by atoms with Gasteiger partial charge in [-0.25, -0.2) is 10.4 Å². The molecule has 0 unspecified atom stereocenters. The van der Waals surface area contributed by atoms with Crippen molar-refractivity contribution in [1.82, 2.24) is 15.8 Å². The molecule has 1 amide bonds. The predicted molar refractivity (Wildman–Crippen MR) is 88.2 cm³/mol. The highest BCUT2D eigenvalue weighted by Gasteiger charge is 2.13. The lowest BCUT2D eigenvalue weighted by Crippen LogP contribution is -2.34. The molecule has 4 N–H and O–H groups in total. The zero-order chi connectivity index (χ0) is 17.6. The molecular weight excluding hydrogens is 334 g/mol. The van der Waals surface area contributed by atoms with Crippen LogP contribution in [-0.2, 0) is 10.1 Å². The average Bonchev–Trinajstić information content (AvgIpc) is 2.55. The van der Waals surface area contributed by atoms with Gasteiger partial charge < -0.3 is 0 Å². The maximum absolute atomic E-state index is 11.5. The molecule has 0 aliphatic rings. The summed E-state index contributed by atoms with van der Waals surface area (Å²) < 4.78 is 31.7. The van der Waals surface area contributed by atoms with Gasteiger partial charge in [-0.1, -0.05) is 18.2 Å². The van der Waals surface area contributed by atoms with Gasteiger partial charge in [-0.15, -0.1) is 0 Å². The van der Waals surface area contributed by atoms with Crippen LogP contribution in [0.4, 0.5) is 5.82 Å². The van der Waals surface area contributed by atoms with Crippen molar-refractivity contribution in [3.63, 3.8) is 0 Å². The van der Waals surface area contributed by atoms with Crippen molar-refractivity contribution in [2.45, 2.75) is 4.90 Å². The topological polar surface area (TPSA) is 133 Å². The molecule has 1 aromatic carbocycles. The number of pyridine rings is 1. The van der Waals surface area contributed by atoms with Crippen molar-refractivity contribution in [2.24, 2.45) is 5.10 Å². The first-order valence-corrected chi connectivity index (χ1v) is 8.14. The van der Waals surface area contributed by atoms with Crippen LogP contribution < -0.4 is 16.3 Å². The molecule has 10 heteroatoms. The summed E-state index contributed by atoms with van der Waals surface area (Å²) >= 11 is 0. The van der Waals surface area contributed by atoms with E-state index >= 15 is 0 Å². The molecule has 0 bridgehead atoms. The minimum atomic E-state index is -4.33. The molecule has 126 valence electrons. The van der Waals surface area contributed by atoms with Gasteiger partial charge in [0.25, 0.3) is 16.0 Å². The zero-order valence-corrected chi connectivity index (χ0v) is 13.4. The first-order chi connectivity index (χ1) is 11.4. The smallest absolute Gasteiger partial charge is 0.288 e. The Morgan fingerprint density at radius 1 is 1.25 bits per heavy atom. The standard InChI is InChI=1S/C14H15N5O4S/c1-15-19-14(20)11-6-7-13(16-8-11)18-17-9-10-4-2-3-5-12(10)24(21,22)23/h2-9,15H,1H3,(H,16,18)(H,19,20)(H,21,22,23)/b17-9-. The van der Waals surface area contributed by atoms with E-state index in [9.17, 15) is 13.2 Å². The van der Waals surface area contributed by atoms with Crippen molar-refractivity contribution < 1.29 is 17.8 Å². The van der Waals surface area contributed by atoms with E-state index in [1.54, 1.807) is 19.2 Å². The Morgan fingerprint density at radius 3 is 2.62 bits per heavy atom. The van der Waals surface area contributed by atoms with Gasteiger partial charge in [0.1, 0.15) is 10.7 Å². The van der Waals surface area contributed by atoms with Crippen LogP contribution >= 0.6 is 0 Å². The monoisotopic (exact) mass is 349 g/mol. The van der Waals surface area contributed by atoms with E-state index in [0.717, 1.165) is 0 Å². The second-order valence-corrected chi connectivity index (χ2v) is 5.91. The first kappa shape index (κ1) is 17.5. The molecule has 9 nitrogen and oxygen atoms in total. The Labute approximate surface area is 138 Å². The summed E-state index contributed by atoms with van der Waals surface area (Å²) in [7, 11) is -2.76. The van der Waals surface area contributed by atoms with Crippen LogP contribution in [0.5, 0.6) is 0 Å². The van der Waals surface area contributed by atoms with E-state index in [1.165, 1.54) is 36.7 Å². The summed E-state index contributed by atoms with van der Waals surface area (Å²) in [6.45, 7) is 0. The molecule has 0 saturated carbocycles. The first-order valence-electron chi connectivity index (χ1n) is 6.70. The van der Waals surface area contributed by atoms with Gasteiger partial charge in [0.15, 0.2) is 0 Å². The number of hydrazine groups is 1. The third-order valence-electron chi connectivity index (χ3n) is 2.84. The van der Waals surface area contributed by atoms with Crippen LogP contribution in [0, 0.1) is 0 Å². The third kappa shape index (κ3) is 4.59. The molecule has 0 radical (unpaired) electrons. The molecule has 0 aliphatic carbocycles. The number of anilines is 1. The lowest BCUT2D eigenvalue weighted by atomic mass is 10.2. The number of hydrazone groups is 1. The number of aromatic nitrogens is 1. The number of rotatable bonds is 6. The molecule has 0 fully saturated rings. The minimum Gasteiger partial charge on any atom is -0.288 e. The van der Waals surface area contributed by atoms with E-state index in [0.29, 0.717) is 11.4 Å². The fourth-order valence-electron chi connectivity index (χ4n) is 1.77. The normalized spacial score (nSPS) is 11.4. The molecule has 0 aliphatic heterocycles. The number of hydrogen-bond acceptors (Lipinski definition) is 7. The summed E-state index contributed by atoms with van der Waals surface area (Å²) in [5.41, 5.74) is 8.10. The Kier molecular flexibility index (Phi) is 5.58. The highest BCUT2D eigenvalue weighted by Crippen LogP contribution is 2.13. The zero-order valence-electron chi connectivity index (χ0n) is 12.6. The number of carbonyl (C=O) groups excluding carboxylic acids is 1. The largest absolute Gasteiger partial charge is 0.295 e. The highest BCUT2D eigenvalue weighted by molar-refractivity contribution is 7.86. The number of amides is 1. The molecule has 24 heavy (non-hydrogen) atoms. The van der Waals surface area contributed by atoms with Gasteiger partial charge >= 0.3 is 0 Å². The number of benzene rings is 1. The van der Waals surface area contributed by atoms with Crippen molar-refractivity contribution in [3.8, 4) is 0 Å². The Morgan fingerprint density at radius 2 is 2.00 bits per heavy atom. The molecule has 0 atom stereocenters. The maximum Gasteiger partial charge on any atom is 0.295 e. The number of nitrogens with one attached hydrogen (secondary N) is 3. The molecule has 0 spiro atoms. The summed E-state index contributed by atoms with van der Waals surface area (Å²) in [4.78, 5) is 15.3. The van der Waals surface area contributed by atoms with Crippen molar-refractivity contribution >= 4 is 28.1 Å². The van der Waals surface area contributed by atoms with Crippen LogP contribution in [0.15, 0.2) is 52.6 Å². The minimum absolute atomic E-state index is 0.220. The van der Waals surface area contributed by atoms with Crippen LogP contribution in [0.3, 0.4) is 0 Å². The Hall–Kier alpha value is -2.82. The number of nitrogens with zero attached hydrogens (tertiary/aromatic N) is 2. The summed E-state index contributed by atoms with van der Waals surface area (Å²) in [6.07, 6.45) is 2.60. The maximum atomic E-state index is 11.5. The van der Waals surface area contributed by atoms with Gasteiger partial charge in [0.05, 0.1) is 11.8 Å². The SMILES string of the molecule is CNNC(=O)c1ccc(N/N=C\c2ccccc2S(=O)(=O)O)nc1. The van der Waals surface area contributed by atoms with E-state index < -0.39 is 10.1 Å². The summed E-state index contributed by atoms with van der Waals surface area (Å²) in [6, 6.07) is 8.95. The van der Waals surface area contributed by atoms with Crippen LogP contribution in [0.2, 0.25) is 0 Å². The third-order valence-corrected chi connectivity index (χ3v) is 3.77. The molecule has 1 aromatic heterocycles. The fourth-order valence-corrected chi connectivity index (χ4v) is 2.44. The second-order valence-electron chi connectivity index (χ2n) is 4.52. The van der Waals surface area contributed by atoms with Gasteiger partial charge in [0, 0.05) is 18.8 Å². The highest BCUT2D eigenvalue weighted by atomic mass is 32.2. The quantitative estimate of drug-likeness (QED) is 0.342. The van der Waals surface area contributed by atoms with Crippen LogP contribution in [-0.4, -0.2) is 37.1 Å². The Bertz CT molecular complexity index is 850. The molecule has 1 heterocycles. The lowest BCUT2D eigenvalue weighted by Gasteiger charge is -2.04. The van der Waals surface area contributed by atoms with Gasteiger partial charge in [-0.3, -0.25) is 20.2 Å². The fraction of sp³-hybridized carbons (Fsp3) is 0.0714. The van der Waals surface area contributed by atoms with Crippen molar-refractivity contribution in [3.05, 3.63) is 53.7 Å². The van der Waals surface area contributed by atoms with Gasteiger partial charge in [-0.2, -0.15) is 13.5 Å². The van der Waals surface area contributed by atoms with E-state index in [1.807, 2.05) is 0 Å². The van der Waals surface area contributed by atoms with Crippen LogP contribution in [0.25, 0.3) is 0 Å². The number of hydrogen-bond donors (Lipinski definition) is 4. The number of carbonyl (C=O) groups is 1. The van der Waals surface area contributed by atoms with Crippen molar-refractivity contribution in [2.75, 3.05) is 12.5 Å². The van der Waals surface area contributed by atoms with E-state index in [2.05, 4.69) is 26.4 Å². The average molecular weight is 349 g/mol. The van der Waals surface area contributed by atoms with Gasteiger partial charge in [0.2, 0.25) is 0 Å². The second kappa shape index (κ2) is 7.64. The summed E-state index contributed by atoms with van der Waals surface area (Å²) in [5, 5.41) is 3.87. The molecular formula is C14H15N5O4S. The van der Waals surface area contributed by atoms with E-state index in [4.69, 9.17) is 4.55 Å².